The van der Waals surface area contributed by atoms with Crippen LogP contribution < -0.4 is 15.6 Å². The first kappa shape index (κ1) is 15.2. The van der Waals surface area contributed by atoms with Crippen LogP contribution in [0.15, 0.2) is 35.1 Å². The summed E-state index contributed by atoms with van der Waals surface area (Å²) in [6.07, 6.45) is 0. The van der Waals surface area contributed by atoms with Gasteiger partial charge >= 0.3 is 0 Å². The second kappa shape index (κ2) is 7.56. The van der Waals surface area contributed by atoms with Crippen molar-refractivity contribution in [2.75, 3.05) is 27.4 Å². The monoisotopic (exact) mass is 289 g/mol. The van der Waals surface area contributed by atoms with E-state index in [0.717, 1.165) is 11.3 Å². The van der Waals surface area contributed by atoms with E-state index in [0.29, 0.717) is 31.0 Å². The van der Waals surface area contributed by atoms with Crippen molar-refractivity contribution in [3.63, 3.8) is 0 Å². The van der Waals surface area contributed by atoms with Crippen molar-refractivity contribution in [3.05, 3.63) is 46.2 Å². The molecule has 2 N–H and O–H groups in total. The molecular formula is C15H19N3O3. The number of benzene rings is 1. The van der Waals surface area contributed by atoms with Crippen molar-refractivity contribution in [1.82, 2.24) is 15.5 Å². The highest BCUT2D eigenvalue weighted by atomic mass is 16.5. The van der Waals surface area contributed by atoms with Crippen molar-refractivity contribution in [3.8, 4) is 17.0 Å². The fourth-order valence-electron chi connectivity index (χ4n) is 1.90. The maximum Gasteiger partial charge on any atom is 0.268 e. The predicted octanol–water partition coefficient (Wildman–Crippen LogP) is 1.18. The van der Waals surface area contributed by atoms with E-state index in [-0.39, 0.29) is 5.56 Å². The number of methoxy groups -OCH3 is 2. The maximum atomic E-state index is 11.8. The summed E-state index contributed by atoms with van der Waals surface area (Å²) >= 11 is 0. The first-order valence-corrected chi connectivity index (χ1v) is 6.67. The van der Waals surface area contributed by atoms with E-state index >= 15 is 0 Å². The first-order chi connectivity index (χ1) is 10.2. The zero-order valence-corrected chi connectivity index (χ0v) is 12.2. The van der Waals surface area contributed by atoms with Crippen LogP contribution >= 0.6 is 0 Å². The van der Waals surface area contributed by atoms with Gasteiger partial charge in [-0.05, 0) is 18.2 Å². The summed E-state index contributed by atoms with van der Waals surface area (Å²) in [5.41, 5.74) is 2.05. The molecule has 1 aromatic heterocycles. The summed E-state index contributed by atoms with van der Waals surface area (Å²) < 4.78 is 10.2. The van der Waals surface area contributed by atoms with Crippen molar-refractivity contribution >= 4 is 0 Å². The standard InChI is InChI=1S/C15H19N3O3/c1-20-7-6-16-10-12-9-14(17-18-15(12)19)11-4-3-5-13(8-11)21-2/h3-5,8-9,16H,6-7,10H2,1-2H3,(H,18,19). The average molecular weight is 289 g/mol. The molecule has 2 rings (SSSR count). The first-order valence-electron chi connectivity index (χ1n) is 6.67. The lowest BCUT2D eigenvalue weighted by atomic mass is 10.1. The third-order valence-corrected chi connectivity index (χ3v) is 3.04. The van der Waals surface area contributed by atoms with E-state index in [1.807, 2.05) is 24.3 Å². The minimum atomic E-state index is -0.188. The van der Waals surface area contributed by atoms with Crippen LogP contribution in [-0.2, 0) is 11.3 Å². The molecule has 0 saturated carbocycles. The number of aromatic nitrogens is 2. The van der Waals surface area contributed by atoms with Gasteiger partial charge in [0.15, 0.2) is 0 Å². The maximum absolute atomic E-state index is 11.8. The molecule has 21 heavy (non-hydrogen) atoms. The summed E-state index contributed by atoms with van der Waals surface area (Å²) in [4.78, 5) is 11.8. The van der Waals surface area contributed by atoms with Gasteiger partial charge in [0.05, 0.1) is 19.4 Å². The van der Waals surface area contributed by atoms with Gasteiger partial charge < -0.3 is 14.8 Å². The molecule has 1 aromatic carbocycles. The van der Waals surface area contributed by atoms with Gasteiger partial charge in [0.2, 0.25) is 0 Å². The molecular weight excluding hydrogens is 270 g/mol. The van der Waals surface area contributed by atoms with E-state index < -0.39 is 0 Å². The molecule has 0 amide bonds. The second-order valence-corrected chi connectivity index (χ2v) is 4.51. The number of aromatic amines is 1. The molecule has 112 valence electrons. The van der Waals surface area contributed by atoms with Crippen LogP contribution in [0.3, 0.4) is 0 Å². The van der Waals surface area contributed by atoms with Crippen molar-refractivity contribution in [1.29, 1.82) is 0 Å². The number of nitrogens with zero attached hydrogens (tertiary/aromatic N) is 1. The van der Waals surface area contributed by atoms with Gasteiger partial charge in [0.1, 0.15) is 5.75 Å². The molecule has 1 heterocycles. The van der Waals surface area contributed by atoms with Crippen molar-refractivity contribution in [2.45, 2.75) is 6.54 Å². The fourth-order valence-corrected chi connectivity index (χ4v) is 1.90. The van der Waals surface area contributed by atoms with Gasteiger partial charge in [0, 0.05) is 31.3 Å². The van der Waals surface area contributed by atoms with Crippen LogP contribution in [0.5, 0.6) is 5.75 Å². The zero-order valence-electron chi connectivity index (χ0n) is 12.2. The van der Waals surface area contributed by atoms with Crippen LogP contribution in [0.2, 0.25) is 0 Å². The lowest BCUT2D eigenvalue weighted by molar-refractivity contribution is 0.199. The highest BCUT2D eigenvalue weighted by Gasteiger charge is 2.06. The van der Waals surface area contributed by atoms with Crippen LogP contribution in [0, 0.1) is 0 Å². The Morgan fingerprint density at radius 3 is 2.90 bits per heavy atom. The lowest BCUT2D eigenvalue weighted by Crippen LogP contribution is -2.24. The van der Waals surface area contributed by atoms with Gasteiger partial charge in [-0.15, -0.1) is 0 Å². The largest absolute Gasteiger partial charge is 0.497 e. The Labute approximate surface area is 123 Å². The molecule has 6 heteroatoms. The summed E-state index contributed by atoms with van der Waals surface area (Å²) in [6, 6.07) is 9.33. The second-order valence-electron chi connectivity index (χ2n) is 4.51. The van der Waals surface area contributed by atoms with Crippen LogP contribution in [0.25, 0.3) is 11.3 Å². The zero-order chi connectivity index (χ0) is 15.1. The Morgan fingerprint density at radius 2 is 2.14 bits per heavy atom. The average Bonchev–Trinajstić information content (AvgIpc) is 2.53. The Morgan fingerprint density at radius 1 is 1.29 bits per heavy atom. The summed E-state index contributed by atoms with van der Waals surface area (Å²) in [5, 5.41) is 9.76. The Kier molecular flexibility index (Phi) is 5.48. The minimum absolute atomic E-state index is 0.188. The third-order valence-electron chi connectivity index (χ3n) is 3.04. The van der Waals surface area contributed by atoms with Gasteiger partial charge in [-0.1, -0.05) is 12.1 Å². The molecule has 0 aliphatic carbocycles. The van der Waals surface area contributed by atoms with Crippen molar-refractivity contribution < 1.29 is 9.47 Å². The smallest absolute Gasteiger partial charge is 0.268 e. The lowest BCUT2D eigenvalue weighted by Gasteiger charge is -2.07. The molecule has 0 radical (unpaired) electrons. The number of ether oxygens (including phenoxy) is 2. The molecule has 2 aromatic rings. The highest BCUT2D eigenvalue weighted by Crippen LogP contribution is 2.21. The van der Waals surface area contributed by atoms with Gasteiger partial charge in [-0.2, -0.15) is 5.10 Å². The highest BCUT2D eigenvalue weighted by molar-refractivity contribution is 5.61. The number of H-pyrrole nitrogens is 1. The Bertz CT molecular complexity index is 640. The molecule has 6 nitrogen and oxygen atoms in total. The van der Waals surface area contributed by atoms with Crippen molar-refractivity contribution in [2.24, 2.45) is 0 Å². The van der Waals surface area contributed by atoms with Gasteiger partial charge in [0.25, 0.3) is 5.56 Å². The molecule has 0 saturated heterocycles. The molecule has 0 unspecified atom stereocenters. The van der Waals surface area contributed by atoms with Crippen LogP contribution in [0.4, 0.5) is 0 Å². The molecule has 0 aliphatic rings. The number of hydrogen-bond acceptors (Lipinski definition) is 5. The Hall–Kier alpha value is -2.18. The molecule has 0 bridgehead atoms. The normalized spacial score (nSPS) is 10.6. The quantitative estimate of drug-likeness (QED) is 0.749. The minimum Gasteiger partial charge on any atom is -0.497 e. The molecule has 0 aliphatic heterocycles. The van der Waals surface area contributed by atoms with Crippen LogP contribution in [0.1, 0.15) is 5.56 Å². The predicted molar refractivity (Wildman–Crippen MR) is 80.4 cm³/mol. The summed E-state index contributed by atoms with van der Waals surface area (Å²) in [6.45, 7) is 1.76. The third kappa shape index (κ3) is 4.14. The fraction of sp³-hybridized carbons (Fsp3) is 0.333. The number of nitrogens with one attached hydrogen (secondary N) is 2. The topological polar surface area (TPSA) is 76.2 Å². The summed E-state index contributed by atoms with van der Waals surface area (Å²) in [5.74, 6) is 0.750. The van der Waals surface area contributed by atoms with E-state index in [4.69, 9.17) is 9.47 Å². The molecule has 0 fully saturated rings. The molecule has 0 spiro atoms. The number of rotatable bonds is 7. The van der Waals surface area contributed by atoms with Crippen LogP contribution in [-0.4, -0.2) is 37.6 Å². The summed E-state index contributed by atoms with van der Waals surface area (Å²) in [7, 11) is 3.26. The van der Waals surface area contributed by atoms with E-state index in [2.05, 4.69) is 15.5 Å². The van der Waals surface area contributed by atoms with E-state index in [1.165, 1.54) is 0 Å². The van der Waals surface area contributed by atoms with E-state index in [1.54, 1.807) is 20.3 Å². The SMILES string of the molecule is COCCNCc1cc(-c2cccc(OC)c2)n[nH]c1=O. The Balaban J connectivity index is 2.19. The number of hydrogen-bond donors (Lipinski definition) is 2. The van der Waals surface area contributed by atoms with Gasteiger partial charge in [-0.25, -0.2) is 5.10 Å². The van der Waals surface area contributed by atoms with Gasteiger partial charge in [-0.3, -0.25) is 4.79 Å². The van der Waals surface area contributed by atoms with E-state index in [9.17, 15) is 4.79 Å². The molecule has 0 atom stereocenters.